The quantitative estimate of drug-likeness (QED) is 0.344. The Balaban J connectivity index is 1.99. The number of nitrogens with zero attached hydrogens (tertiary/aromatic N) is 4. The van der Waals surface area contributed by atoms with Crippen molar-refractivity contribution in [2.45, 2.75) is 6.92 Å². The molecule has 1 atom stereocenters. The van der Waals surface area contributed by atoms with E-state index >= 15 is 0 Å². The van der Waals surface area contributed by atoms with Crippen LogP contribution in [0.5, 0.6) is 0 Å². The Kier molecular flexibility index (Phi) is 4.46. The van der Waals surface area contributed by atoms with Gasteiger partial charge in [-0.15, -0.1) is 0 Å². The number of carbonyl (C=O) groups excluding carboxylic acids is 2. The van der Waals surface area contributed by atoms with Gasteiger partial charge in [0.1, 0.15) is 5.92 Å². The molecule has 2 aromatic rings. The zero-order valence-electron chi connectivity index (χ0n) is 13.9. The molecule has 0 radical (unpaired) electrons. The van der Waals surface area contributed by atoms with Gasteiger partial charge in [0.15, 0.2) is 5.78 Å². The molecular formula is C17H12N4O6. The number of nitro groups is 2. The number of hydrogen-bond acceptors (Lipinski definition) is 7. The summed E-state index contributed by atoms with van der Waals surface area (Å²) < 4.78 is 0. The van der Waals surface area contributed by atoms with Crippen molar-refractivity contribution in [1.29, 1.82) is 0 Å². The van der Waals surface area contributed by atoms with Crippen molar-refractivity contribution in [1.82, 2.24) is 0 Å². The Bertz CT molecular complexity index is 969. The Hall–Kier alpha value is -3.95. The fourth-order valence-electron chi connectivity index (χ4n) is 2.74. The van der Waals surface area contributed by atoms with E-state index in [1.165, 1.54) is 6.92 Å². The minimum absolute atomic E-state index is 0.197. The first-order valence-corrected chi connectivity index (χ1v) is 7.72. The number of anilines is 1. The summed E-state index contributed by atoms with van der Waals surface area (Å²) in [5.41, 5.74) is -0.844. The highest BCUT2D eigenvalue weighted by Gasteiger charge is 2.40. The van der Waals surface area contributed by atoms with Gasteiger partial charge in [0.05, 0.1) is 27.3 Å². The van der Waals surface area contributed by atoms with Gasteiger partial charge in [-0.1, -0.05) is 18.2 Å². The molecule has 0 aliphatic carbocycles. The maximum atomic E-state index is 12.8. The van der Waals surface area contributed by atoms with Crippen LogP contribution in [0.4, 0.5) is 17.1 Å². The lowest BCUT2D eigenvalue weighted by Gasteiger charge is -2.13. The second-order valence-electron chi connectivity index (χ2n) is 5.78. The first-order valence-electron chi connectivity index (χ1n) is 7.72. The fourth-order valence-corrected chi connectivity index (χ4v) is 2.74. The third-order valence-electron chi connectivity index (χ3n) is 4.00. The minimum atomic E-state index is -1.30. The van der Waals surface area contributed by atoms with Crippen LogP contribution < -0.4 is 5.01 Å². The number of Topliss-reactive ketones (excluding diaryl/α,β-unsaturated/α-hetero) is 1. The zero-order valence-corrected chi connectivity index (χ0v) is 13.9. The zero-order chi connectivity index (χ0) is 19.7. The van der Waals surface area contributed by atoms with Crippen molar-refractivity contribution in [2.24, 2.45) is 11.0 Å². The maximum absolute atomic E-state index is 12.8. The summed E-state index contributed by atoms with van der Waals surface area (Å²) in [5.74, 6) is -2.71. The number of para-hydroxylation sites is 1. The Morgan fingerprint density at radius 1 is 1.04 bits per heavy atom. The molecule has 3 rings (SSSR count). The molecule has 0 spiro atoms. The molecular weight excluding hydrogens is 356 g/mol. The normalized spacial score (nSPS) is 16.2. The highest BCUT2D eigenvalue weighted by atomic mass is 16.6. The monoisotopic (exact) mass is 368 g/mol. The van der Waals surface area contributed by atoms with Crippen LogP contribution in [0.1, 0.15) is 17.3 Å². The van der Waals surface area contributed by atoms with Gasteiger partial charge in [-0.05, 0) is 19.1 Å². The van der Waals surface area contributed by atoms with E-state index in [2.05, 4.69) is 5.10 Å². The number of hydrogen-bond donors (Lipinski definition) is 0. The van der Waals surface area contributed by atoms with Gasteiger partial charge in [-0.25, -0.2) is 0 Å². The van der Waals surface area contributed by atoms with Crippen molar-refractivity contribution in [2.75, 3.05) is 5.01 Å². The molecule has 0 aromatic heterocycles. The van der Waals surface area contributed by atoms with Crippen molar-refractivity contribution in [3.05, 3.63) is 74.3 Å². The molecule has 1 amide bonds. The first kappa shape index (κ1) is 17.9. The lowest BCUT2D eigenvalue weighted by atomic mass is 9.93. The van der Waals surface area contributed by atoms with Crippen LogP contribution in [0.3, 0.4) is 0 Å². The van der Waals surface area contributed by atoms with E-state index in [9.17, 15) is 29.8 Å². The molecule has 0 saturated heterocycles. The van der Waals surface area contributed by atoms with Crippen LogP contribution in [-0.2, 0) is 4.79 Å². The van der Waals surface area contributed by atoms with Gasteiger partial charge < -0.3 is 0 Å². The van der Waals surface area contributed by atoms with Gasteiger partial charge in [-0.3, -0.25) is 29.8 Å². The summed E-state index contributed by atoms with van der Waals surface area (Å²) in [7, 11) is 0. The SMILES string of the molecule is CC1=NN(c2ccccc2)C(=O)[C@H]1C(=O)c1cc([N+](=O)[O-])cc([N+](=O)[O-])c1. The van der Waals surface area contributed by atoms with Gasteiger partial charge in [0.25, 0.3) is 17.3 Å². The third-order valence-corrected chi connectivity index (χ3v) is 4.00. The van der Waals surface area contributed by atoms with Gasteiger partial charge >= 0.3 is 0 Å². The van der Waals surface area contributed by atoms with E-state index in [1.807, 2.05) is 0 Å². The summed E-state index contributed by atoms with van der Waals surface area (Å²) >= 11 is 0. The summed E-state index contributed by atoms with van der Waals surface area (Å²) in [4.78, 5) is 45.9. The minimum Gasteiger partial charge on any atom is -0.293 e. The molecule has 0 bridgehead atoms. The largest absolute Gasteiger partial charge is 0.293 e. The molecule has 10 heteroatoms. The van der Waals surface area contributed by atoms with Crippen LogP contribution in [0.2, 0.25) is 0 Å². The number of amides is 1. The number of benzene rings is 2. The third kappa shape index (κ3) is 3.27. The van der Waals surface area contributed by atoms with Gasteiger partial charge in [0, 0.05) is 17.7 Å². The van der Waals surface area contributed by atoms with Crippen LogP contribution in [-0.4, -0.2) is 27.2 Å². The predicted molar refractivity (Wildman–Crippen MR) is 94.6 cm³/mol. The molecule has 0 N–H and O–H groups in total. The molecule has 27 heavy (non-hydrogen) atoms. The maximum Gasteiger partial charge on any atom is 0.277 e. The van der Waals surface area contributed by atoms with Crippen molar-refractivity contribution < 1.29 is 19.4 Å². The smallest absolute Gasteiger partial charge is 0.277 e. The molecule has 0 unspecified atom stereocenters. The van der Waals surface area contributed by atoms with Crippen LogP contribution in [0.15, 0.2) is 53.6 Å². The topological polar surface area (TPSA) is 136 Å². The highest BCUT2D eigenvalue weighted by Crippen LogP contribution is 2.29. The second-order valence-corrected chi connectivity index (χ2v) is 5.78. The molecule has 1 aliphatic rings. The van der Waals surface area contributed by atoms with E-state index in [4.69, 9.17) is 0 Å². The van der Waals surface area contributed by atoms with E-state index in [0.29, 0.717) is 5.69 Å². The fraction of sp³-hybridized carbons (Fsp3) is 0.118. The number of hydrazone groups is 1. The Morgan fingerprint density at radius 3 is 2.11 bits per heavy atom. The van der Waals surface area contributed by atoms with E-state index in [0.717, 1.165) is 23.2 Å². The Morgan fingerprint density at radius 2 is 1.59 bits per heavy atom. The molecule has 1 aliphatic heterocycles. The molecule has 1 heterocycles. The van der Waals surface area contributed by atoms with E-state index in [-0.39, 0.29) is 11.3 Å². The average molecular weight is 368 g/mol. The number of nitro benzene ring substituents is 2. The van der Waals surface area contributed by atoms with Crippen molar-refractivity contribution >= 4 is 34.5 Å². The molecule has 0 saturated carbocycles. The summed E-state index contributed by atoms with van der Waals surface area (Å²) in [6.07, 6.45) is 0. The number of rotatable bonds is 5. The van der Waals surface area contributed by atoms with E-state index < -0.39 is 38.8 Å². The Labute approximate surface area is 152 Å². The lowest BCUT2D eigenvalue weighted by molar-refractivity contribution is -0.394. The number of ketones is 1. The number of carbonyl (C=O) groups is 2. The van der Waals surface area contributed by atoms with E-state index in [1.54, 1.807) is 30.3 Å². The highest BCUT2D eigenvalue weighted by molar-refractivity contribution is 6.30. The molecule has 0 fully saturated rings. The number of non-ortho nitro benzene ring substituents is 2. The van der Waals surface area contributed by atoms with Gasteiger partial charge in [-0.2, -0.15) is 10.1 Å². The lowest BCUT2D eigenvalue weighted by Crippen LogP contribution is -2.32. The van der Waals surface area contributed by atoms with Gasteiger partial charge in [0.2, 0.25) is 0 Å². The van der Waals surface area contributed by atoms with Crippen molar-refractivity contribution in [3.8, 4) is 0 Å². The summed E-state index contributed by atoms with van der Waals surface area (Å²) in [6.45, 7) is 1.48. The second kappa shape index (κ2) is 6.75. The summed E-state index contributed by atoms with van der Waals surface area (Å²) in [5, 5.41) is 27.2. The first-order chi connectivity index (χ1) is 12.8. The van der Waals surface area contributed by atoms with Crippen LogP contribution in [0, 0.1) is 26.1 Å². The standard InChI is InChI=1S/C17H12N4O6/c1-10-15(17(23)19(18-10)12-5-3-2-4-6-12)16(22)11-7-13(20(24)25)9-14(8-11)21(26)27/h2-9,15H,1H3/t15-/m1/s1. The molecule has 136 valence electrons. The van der Waals surface area contributed by atoms with Crippen LogP contribution in [0.25, 0.3) is 0 Å². The van der Waals surface area contributed by atoms with Crippen LogP contribution >= 0.6 is 0 Å². The average Bonchev–Trinajstić information content (AvgIpc) is 2.95. The molecule has 2 aromatic carbocycles. The van der Waals surface area contributed by atoms with Crippen molar-refractivity contribution in [3.63, 3.8) is 0 Å². The predicted octanol–water partition coefficient (Wildman–Crippen LogP) is 2.72. The summed E-state index contributed by atoms with van der Waals surface area (Å²) in [6, 6.07) is 11.0. The molecule has 10 nitrogen and oxygen atoms in total.